The molecule has 2 atom stereocenters. The van der Waals surface area contributed by atoms with Gasteiger partial charge < -0.3 is 19.7 Å². The average molecular weight is 427 g/mol. The van der Waals surface area contributed by atoms with Crippen LogP contribution in [0.15, 0.2) is 19.0 Å². The molecule has 0 saturated carbocycles. The Labute approximate surface area is 127 Å². The Morgan fingerprint density at radius 3 is 1.61 bits per heavy atom. The molecule has 2 unspecified atom stereocenters. The first kappa shape index (κ1) is 15.9. The summed E-state index contributed by atoms with van der Waals surface area (Å²) in [5.74, 6) is -1.33. The minimum Gasteiger partial charge on any atom is -0.427 e. The Kier molecular flexibility index (Phi) is 5.63. The number of halogens is 4. The minimum absolute atomic E-state index is 0.151. The summed E-state index contributed by atoms with van der Waals surface area (Å²) in [7, 11) is 0. The third-order valence-corrected chi connectivity index (χ3v) is 4.55. The fraction of sp³-hybridized carbons (Fsp3) is 0.250. The van der Waals surface area contributed by atoms with Crippen LogP contribution in [0.4, 0.5) is 0 Å². The number of rotatable bonds is 0. The smallest absolute Gasteiger partial charge is 0.353 e. The van der Waals surface area contributed by atoms with Gasteiger partial charge in [0, 0.05) is 0 Å². The predicted octanol–water partition coefficient (Wildman–Crippen LogP) is 1.41. The summed E-state index contributed by atoms with van der Waals surface area (Å²) in [6.07, 6.45) is -2.50. The van der Waals surface area contributed by atoms with Crippen molar-refractivity contribution < 1.29 is 29.3 Å². The van der Waals surface area contributed by atoms with Crippen LogP contribution in [0, 0.1) is 0 Å². The number of aliphatic hydroxyl groups excluding tert-OH is 2. The number of hydrogen-bond acceptors (Lipinski definition) is 6. The van der Waals surface area contributed by atoms with Crippen molar-refractivity contribution in [1.29, 1.82) is 0 Å². The molecule has 6 nitrogen and oxygen atoms in total. The predicted molar refractivity (Wildman–Crippen MR) is 67.8 cm³/mol. The number of ether oxygens (including phenoxy) is 2. The van der Waals surface area contributed by atoms with Crippen LogP contribution in [0.5, 0.6) is 0 Å². The fourth-order valence-corrected chi connectivity index (χ4v) is 1.63. The maximum absolute atomic E-state index is 10.5. The van der Waals surface area contributed by atoms with E-state index in [9.17, 15) is 9.59 Å². The van der Waals surface area contributed by atoms with E-state index < -0.39 is 24.5 Å². The second-order valence-corrected chi connectivity index (χ2v) is 5.27. The first-order valence-electron chi connectivity index (χ1n) is 4.14. The molecule has 0 aromatic rings. The van der Waals surface area contributed by atoms with Crippen molar-refractivity contribution in [3.05, 3.63) is 19.0 Å². The zero-order valence-corrected chi connectivity index (χ0v) is 12.9. The zero-order valence-electron chi connectivity index (χ0n) is 8.19. The van der Waals surface area contributed by atoms with Crippen molar-refractivity contribution in [3.8, 4) is 0 Å². The highest BCUT2D eigenvalue weighted by Crippen LogP contribution is 2.29. The Morgan fingerprint density at radius 2 is 1.50 bits per heavy atom. The molecule has 2 N–H and O–H groups in total. The van der Waals surface area contributed by atoms with Gasteiger partial charge in [-0.25, -0.2) is 9.59 Å². The molecule has 0 saturated heterocycles. The summed E-state index contributed by atoms with van der Waals surface area (Å²) in [5.41, 5.74) is 0. The first-order valence-corrected chi connectivity index (χ1v) is 6.48. The molecule has 0 amide bonds. The van der Waals surface area contributed by atoms with Gasteiger partial charge in [-0.15, -0.1) is 0 Å². The van der Waals surface area contributed by atoms with Gasteiger partial charge in [0.2, 0.25) is 12.6 Å². The van der Waals surface area contributed by atoms with E-state index in [1.165, 1.54) is 0 Å². The molecule has 2 rings (SSSR count). The van der Waals surface area contributed by atoms with Gasteiger partial charge in [0.1, 0.15) is 14.5 Å². The molecule has 100 valence electrons. The highest BCUT2D eigenvalue weighted by molar-refractivity contribution is 9.14. The SMILES string of the molecule is O=C1OC(O)C(Br)=C1Br.O=C1OC(O)C(Cl)=C1Cl. The van der Waals surface area contributed by atoms with Crippen LogP contribution in [-0.4, -0.2) is 34.7 Å². The van der Waals surface area contributed by atoms with Crippen LogP contribution >= 0.6 is 55.1 Å². The van der Waals surface area contributed by atoms with Crippen LogP contribution in [0.2, 0.25) is 0 Å². The fourth-order valence-electron chi connectivity index (χ4n) is 0.822. The van der Waals surface area contributed by atoms with Crippen LogP contribution in [0.1, 0.15) is 0 Å². The van der Waals surface area contributed by atoms with Crippen molar-refractivity contribution in [3.63, 3.8) is 0 Å². The number of cyclic esters (lactones) is 2. The molecule has 2 aliphatic rings. The van der Waals surface area contributed by atoms with Crippen molar-refractivity contribution in [1.82, 2.24) is 0 Å². The van der Waals surface area contributed by atoms with Crippen molar-refractivity contribution in [2.75, 3.05) is 0 Å². The van der Waals surface area contributed by atoms with Gasteiger partial charge in [-0.2, -0.15) is 0 Å². The second-order valence-electron chi connectivity index (χ2n) is 2.84. The van der Waals surface area contributed by atoms with Crippen LogP contribution < -0.4 is 0 Å². The number of hydrogen-bond donors (Lipinski definition) is 2. The largest absolute Gasteiger partial charge is 0.427 e. The van der Waals surface area contributed by atoms with Gasteiger partial charge >= 0.3 is 11.9 Å². The molecule has 0 aromatic carbocycles. The molecule has 18 heavy (non-hydrogen) atoms. The Bertz CT molecular complexity index is 419. The summed E-state index contributed by atoms with van der Waals surface area (Å²) in [6, 6.07) is 0. The highest BCUT2D eigenvalue weighted by Gasteiger charge is 2.30. The molecule has 0 fully saturated rings. The van der Waals surface area contributed by atoms with E-state index in [0.717, 1.165) is 0 Å². The molecule has 10 heteroatoms. The second kappa shape index (κ2) is 6.36. The van der Waals surface area contributed by atoms with E-state index in [1.807, 2.05) is 0 Å². The quantitative estimate of drug-likeness (QED) is 0.569. The van der Waals surface area contributed by atoms with Crippen LogP contribution in [0.25, 0.3) is 0 Å². The van der Waals surface area contributed by atoms with E-state index >= 15 is 0 Å². The topological polar surface area (TPSA) is 93.1 Å². The van der Waals surface area contributed by atoms with Gasteiger partial charge in [0.25, 0.3) is 0 Å². The maximum atomic E-state index is 10.5. The summed E-state index contributed by atoms with van der Waals surface area (Å²) in [4.78, 5) is 20.8. The van der Waals surface area contributed by atoms with E-state index in [4.69, 9.17) is 33.4 Å². The van der Waals surface area contributed by atoms with E-state index in [-0.39, 0.29) is 14.5 Å². The van der Waals surface area contributed by atoms with Crippen LogP contribution in [-0.2, 0) is 19.1 Å². The summed E-state index contributed by atoms with van der Waals surface area (Å²) < 4.78 is 9.08. The molecular formula is C8H4Br2Cl2O6. The molecule has 0 aromatic heterocycles. The lowest BCUT2D eigenvalue weighted by molar-refractivity contribution is -0.152. The first-order chi connectivity index (χ1) is 8.25. The Balaban J connectivity index is 0.000000180. The molecule has 0 bridgehead atoms. The van der Waals surface area contributed by atoms with Gasteiger partial charge in [-0.05, 0) is 31.9 Å². The Hall–Kier alpha value is -0.120. The molecule has 2 heterocycles. The number of esters is 2. The molecule has 0 radical (unpaired) electrons. The van der Waals surface area contributed by atoms with E-state index in [1.54, 1.807) is 0 Å². The Morgan fingerprint density at radius 1 is 1.00 bits per heavy atom. The average Bonchev–Trinajstić information content (AvgIpc) is 2.66. The lowest BCUT2D eigenvalue weighted by Crippen LogP contribution is -2.07. The third-order valence-electron chi connectivity index (χ3n) is 1.65. The molecule has 2 aliphatic heterocycles. The van der Waals surface area contributed by atoms with Crippen molar-refractivity contribution in [2.24, 2.45) is 0 Å². The number of aliphatic hydroxyl groups is 2. The number of carbonyl (C=O) groups excluding carboxylic acids is 2. The summed E-state index contributed by atoms with van der Waals surface area (Å²) in [6.45, 7) is 0. The lowest BCUT2D eigenvalue weighted by Gasteiger charge is -1.97. The van der Waals surface area contributed by atoms with Crippen molar-refractivity contribution in [2.45, 2.75) is 12.6 Å². The standard InChI is InChI=1S/C4H2Br2O3.C4H2Cl2O3/c2*5-1-2(6)4(8)9-3(1)7/h2*3,7H. The zero-order chi connectivity index (χ0) is 14.0. The number of carbonyl (C=O) groups is 2. The summed E-state index contributed by atoms with van der Waals surface area (Å²) >= 11 is 16.3. The minimum atomic E-state index is -1.37. The van der Waals surface area contributed by atoms with Gasteiger partial charge in [0.15, 0.2) is 0 Å². The maximum Gasteiger partial charge on any atom is 0.353 e. The normalized spacial score (nSPS) is 27.0. The van der Waals surface area contributed by atoms with E-state index in [2.05, 4.69) is 41.3 Å². The van der Waals surface area contributed by atoms with E-state index in [0.29, 0.717) is 4.48 Å². The molecular weight excluding hydrogens is 423 g/mol. The lowest BCUT2D eigenvalue weighted by atomic mass is 10.5. The van der Waals surface area contributed by atoms with Gasteiger partial charge in [-0.1, -0.05) is 23.2 Å². The summed E-state index contributed by atoms with van der Waals surface area (Å²) in [5, 5.41) is 17.0. The molecule has 0 aliphatic carbocycles. The van der Waals surface area contributed by atoms with Crippen molar-refractivity contribution >= 4 is 67.0 Å². The molecule has 0 spiro atoms. The van der Waals surface area contributed by atoms with Gasteiger partial charge in [-0.3, -0.25) is 0 Å². The van der Waals surface area contributed by atoms with Crippen LogP contribution in [0.3, 0.4) is 0 Å². The van der Waals surface area contributed by atoms with Gasteiger partial charge in [0.05, 0.1) is 4.48 Å². The highest BCUT2D eigenvalue weighted by atomic mass is 79.9. The third kappa shape index (κ3) is 3.46. The monoisotopic (exact) mass is 424 g/mol.